The van der Waals surface area contributed by atoms with E-state index in [0.29, 0.717) is 16.2 Å². The number of benzene rings is 4. The topological polar surface area (TPSA) is 141 Å². The highest BCUT2D eigenvalue weighted by Gasteiger charge is 2.49. The van der Waals surface area contributed by atoms with Crippen LogP contribution in [-0.4, -0.2) is 46.3 Å². The molecule has 1 N–H and O–H groups in total. The molecule has 0 fully saturated rings. The molecule has 44 heavy (non-hydrogen) atoms. The van der Waals surface area contributed by atoms with E-state index < -0.39 is 46.9 Å². The first-order valence-electron chi connectivity index (χ1n) is 10.9. The minimum atomic E-state index is -5.84. The van der Waals surface area contributed by atoms with Crippen LogP contribution in [0.4, 0.5) is 39.5 Å². The molecule has 4 rings (SSSR count). The van der Waals surface area contributed by atoms with Crippen LogP contribution in [0.5, 0.6) is 11.5 Å². The Balaban J connectivity index is 0.000000248. The Hall–Kier alpha value is -3.82. The third-order valence-corrected chi connectivity index (χ3v) is 7.27. The van der Waals surface area contributed by atoms with Crippen LogP contribution >= 0.6 is 0 Å². The maximum Gasteiger partial charge on any atom is 0.534 e. The highest BCUT2D eigenvalue weighted by molar-refractivity contribution is 7.88. The number of hydrogen-bond donors (Lipinski definition) is 1. The van der Waals surface area contributed by atoms with Gasteiger partial charge < -0.3 is 8.37 Å². The zero-order valence-corrected chi connectivity index (χ0v) is 23.4. The smallest absolute Gasteiger partial charge is 0.376 e. The minimum Gasteiger partial charge on any atom is -0.376 e. The summed E-state index contributed by atoms with van der Waals surface area (Å²) < 4.78 is 182. The molecule has 4 aromatic carbocycles. The van der Waals surface area contributed by atoms with Crippen molar-refractivity contribution in [2.45, 2.75) is 16.5 Å². The maximum atomic E-state index is 12.2. The number of fused-ring (bicyclic) bond motifs is 2. The lowest BCUT2D eigenvalue weighted by Crippen LogP contribution is -2.28. The molecule has 0 saturated heterocycles. The molecule has 0 amide bonds. The van der Waals surface area contributed by atoms with E-state index in [0.717, 1.165) is 5.39 Å². The zero-order chi connectivity index (χ0) is 33.8. The molecule has 0 spiro atoms. The van der Waals surface area contributed by atoms with Gasteiger partial charge in [0.15, 0.2) is 5.75 Å². The van der Waals surface area contributed by atoms with E-state index in [1.165, 1.54) is 36.4 Å². The lowest BCUT2D eigenvalue weighted by atomic mass is 10.1. The van der Waals surface area contributed by atoms with Crippen molar-refractivity contribution in [1.29, 1.82) is 0 Å². The second-order valence-corrected chi connectivity index (χ2v) is 12.4. The fourth-order valence-corrected chi connectivity index (χ4v) is 3.75. The molecule has 0 radical (unpaired) electrons. The van der Waals surface area contributed by atoms with E-state index in [-0.39, 0.29) is 11.5 Å². The second-order valence-electron chi connectivity index (χ2n) is 7.87. The van der Waals surface area contributed by atoms with Crippen LogP contribution in [0.1, 0.15) is 0 Å². The summed E-state index contributed by atoms with van der Waals surface area (Å²) in [4.78, 5) is 0. The number of rotatable bonds is 4. The standard InChI is InChI=1S/2C11H7F3O3S.CHF3O3S/c12-11(13,14)18(15,16)17-10-7-3-5-8-4-1-2-6-9(8)10;12-11(13,14)18(15,16)17-10-6-5-8-3-1-2-4-9(8)7-10;2-1(3,4)8(5,6)7/h2*1-7H;(H,5,6,7). The molecular weight excluding hydrogens is 687 g/mol. The third kappa shape index (κ3) is 9.59. The predicted octanol–water partition coefficient (Wildman–Crippen LogP) is 6.53. The minimum absolute atomic E-state index is 0.299. The van der Waals surface area contributed by atoms with Gasteiger partial charge >= 0.3 is 46.9 Å². The van der Waals surface area contributed by atoms with Gasteiger partial charge in [0.2, 0.25) is 0 Å². The molecule has 0 aromatic heterocycles. The van der Waals surface area contributed by atoms with Gasteiger partial charge in [-0.15, -0.1) is 0 Å². The van der Waals surface area contributed by atoms with Gasteiger partial charge in [-0.25, -0.2) is 0 Å². The van der Waals surface area contributed by atoms with Gasteiger partial charge in [0.1, 0.15) is 5.75 Å². The molecule has 0 heterocycles. The second kappa shape index (κ2) is 13.0. The van der Waals surface area contributed by atoms with Gasteiger partial charge in [0, 0.05) is 5.39 Å². The summed E-state index contributed by atoms with van der Waals surface area (Å²) in [5.74, 6) is -0.712. The lowest BCUT2D eigenvalue weighted by Gasteiger charge is -2.11. The quantitative estimate of drug-likeness (QED) is 0.109. The molecular formula is C23H15F9O9S3. The van der Waals surface area contributed by atoms with Gasteiger partial charge in [-0.3, -0.25) is 4.55 Å². The van der Waals surface area contributed by atoms with Crippen LogP contribution in [-0.2, 0) is 30.4 Å². The molecule has 4 aromatic rings. The Labute approximate surface area is 242 Å². The molecule has 9 nitrogen and oxygen atoms in total. The fourth-order valence-electron chi connectivity index (χ4n) is 2.83. The highest BCUT2D eigenvalue weighted by Crippen LogP contribution is 2.32. The zero-order valence-electron chi connectivity index (χ0n) is 20.9. The van der Waals surface area contributed by atoms with Crippen molar-refractivity contribution in [3.63, 3.8) is 0 Å². The Morgan fingerprint density at radius 1 is 0.500 bits per heavy atom. The molecule has 0 aliphatic carbocycles. The van der Waals surface area contributed by atoms with Gasteiger partial charge in [0.05, 0.1) is 0 Å². The molecule has 242 valence electrons. The average Bonchev–Trinajstić information content (AvgIpc) is 2.87. The average molecular weight is 703 g/mol. The monoisotopic (exact) mass is 702 g/mol. The summed E-state index contributed by atoms with van der Waals surface area (Å²) >= 11 is 0. The first-order valence-corrected chi connectivity index (χ1v) is 15.1. The Morgan fingerprint density at radius 3 is 1.43 bits per heavy atom. The third-order valence-electron chi connectivity index (χ3n) is 4.74. The van der Waals surface area contributed by atoms with Gasteiger partial charge in [-0.1, -0.05) is 66.7 Å². The van der Waals surface area contributed by atoms with E-state index in [2.05, 4.69) is 8.37 Å². The highest BCUT2D eigenvalue weighted by atomic mass is 32.2. The van der Waals surface area contributed by atoms with Crippen molar-refractivity contribution in [3.8, 4) is 11.5 Å². The molecule has 0 atom stereocenters. The Morgan fingerprint density at radius 2 is 0.932 bits per heavy atom. The largest absolute Gasteiger partial charge is 0.534 e. The fraction of sp³-hybridized carbons (Fsp3) is 0.130. The van der Waals surface area contributed by atoms with Crippen LogP contribution < -0.4 is 8.37 Å². The van der Waals surface area contributed by atoms with Crippen LogP contribution in [0.15, 0.2) is 84.9 Å². The summed E-state index contributed by atoms with van der Waals surface area (Å²) in [6.07, 6.45) is 0. The Kier molecular flexibility index (Phi) is 10.8. The van der Waals surface area contributed by atoms with Gasteiger partial charge in [-0.2, -0.15) is 64.8 Å². The van der Waals surface area contributed by atoms with Crippen molar-refractivity contribution in [3.05, 3.63) is 84.9 Å². The van der Waals surface area contributed by atoms with Crippen LogP contribution in [0.25, 0.3) is 21.5 Å². The van der Waals surface area contributed by atoms with Crippen molar-refractivity contribution in [2.75, 3.05) is 0 Å². The molecule has 0 aliphatic heterocycles. The van der Waals surface area contributed by atoms with Crippen molar-refractivity contribution in [2.24, 2.45) is 0 Å². The summed E-state index contributed by atoms with van der Waals surface area (Å²) in [6.45, 7) is 0. The molecule has 0 bridgehead atoms. The number of halogens is 9. The molecule has 0 saturated carbocycles. The normalized spacial score (nSPS) is 12.9. The van der Waals surface area contributed by atoms with Crippen LogP contribution in [0.2, 0.25) is 0 Å². The summed E-state index contributed by atoms with van der Waals surface area (Å²) in [5.41, 5.74) is -16.4. The van der Waals surface area contributed by atoms with Gasteiger partial charge in [-0.05, 0) is 34.4 Å². The molecule has 0 aliphatic rings. The molecule has 21 heteroatoms. The van der Waals surface area contributed by atoms with Crippen LogP contribution in [0, 0.1) is 0 Å². The number of alkyl halides is 9. The van der Waals surface area contributed by atoms with E-state index in [1.807, 2.05) is 0 Å². The first-order chi connectivity index (χ1) is 19.9. The van der Waals surface area contributed by atoms with E-state index in [1.54, 1.807) is 48.5 Å². The summed E-state index contributed by atoms with van der Waals surface area (Å²) in [5, 5.41) is 2.25. The van der Waals surface area contributed by atoms with Crippen molar-refractivity contribution >= 4 is 51.9 Å². The predicted molar refractivity (Wildman–Crippen MR) is 137 cm³/mol. The SMILES string of the molecule is O=S(=O)(O)C(F)(F)F.O=S(=O)(Oc1ccc2ccccc2c1)C(F)(F)F.O=S(=O)(Oc1cccc2ccccc12)C(F)(F)F. The summed E-state index contributed by atoms with van der Waals surface area (Å²) in [6, 6.07) is 21.3. The first kappa shape index (κ1) is 36.4. The summed E-state index contributed by atoms with van der Waals surface area (Å²) in [7, 11) is -17.1. The van der Waals surface area contributed by atoms with Crippen LogP contribution in [0.3, 0.4) is 0 Å². The number of hydrogen-bond acceptors (Lipinski definition) is 8. The van der Waals surface area contributed by atoms with Crippen molar-refractivity contribution < 1.29 is 77.7 Å². The lowest BCUT2D eigenvalue weighted by molar-refractivity contribution is -0.0512. The van der Waals surface area contributed by atoms with Gasteiger partial charge in [0.25, 0.3) is 0 Å². The Bertz CT molecular complexity index is 1930. The van der Waals surface area contributed by atoms with E-state index in [4.69, 9.17) is 13.0 Å². The van der Waals surface area contributed by atoms with Crippen molar-refractivity contribution in [1.82, 2.24) is 0 Å². The van der Waals surface area contributed by atoms with E-state index >= 15 is 0 Å². The van der Waals surface area contributed by atoms with E-state index in [9.17, 15) is 56.3 Å². The molecule has 0 unspecified atom stereocenters. The maximum absolute atomic E-state index is 12.2.